The topological polar surface area (TPSA) is 26.3 Å². The summed E-state index contributed by atoms with van der Waals surface area (Å²) in [6, 6.07) is 16.2. The molecule has 3 rings (SSSR count). The van der Waals surface area contributed by atoms with Gasteiger partial charge in [-0.15, -0.1) is 11.8 Å². The minimum atomic E-state index is 0.143. The third-order valence-corrected chi connectivity index (χ3v) is 4.54. The Morgan fingerprint density at radius 2 is 2.10 bits per heavy atom. The molecular formula is C17H16O2S. The molecule has 0 bridgehead atoms. The molecular weight excluding hydrogens is 268 g/mol. The Labute approximate surface area is 123 Å². The number of thioether (sulfide) groups is 1. The fourth-order valence-electron chi connectivity index (χ4n) is 2.46. The number of aldehydes is 1. The van der Waals surface area contributed by atoms with Gasteiger partial charge in [0.25, 0.3) is 0 Å². The lowest BCUT2D eigenvalue weighted by Gasteiger charge is -2.25. The van der Waals surface area contributed by atoms with Crippen LogP contribution in [0.15, 0.2) is 53.4 Å². The molecule has 0 saturated carbocycles. The van der Waals surface area contributed by atoms with Gasteiger partial charge < -0.3 is 4.74 Å². The summed E-state index contributed by atoms with van der Waals surface area (Å²) < 4.78 is 5.89. The molecule has 1 aliphatic rings. The summed E-state index contributed by atoms with van der Waals surface area (Å²) in [6.07, 6.45) is 2.03. The quantitative estimate of drug-likeness (QED) is 0.629. The van der Waals surface area contributed by atoms with Crippen molar-refractivity contribution in [2.24, 2.45) is 0 Å². The lowest BCUT2D eigenvalue weighted by Crippen LogP contribution is -2.17. The van der Waals surface area contributed by atoms with E-state index in [0.717, 1.165) is 35.5 Å². The van der Waals surface area contributed by atoms with Gasteiger partial charge in [-0.3, -0.25) is 4.79 Å². The van der Waals surface area contributed by atoms with E-state index < -0.39 is 0 Å². The molecule has 0 amide bonds. The van der Waals surface area contributed by atoms with Crippen LogP contribution in [0.25, 0.3) is 0 Å². The van der Waals surface area contributed by atoms with Crippen molar-refractivity contribution in [2.45, 2.75) is 17.4 Å². The monoisotopic (exact) mass is 284 g/mol. The summed E-state index contributed by atoms with van der Waals surface area (Å²) in [7, 11) is 0. The van der Waals surface area contributed by atoms with Crippen molar-refractivity contribution in [3.8, 4) is 0 Å². The van der Waals surface area contributed by atoms with Crippen molar-refractivity contribution in [1.29, 1.82) is 0 Å². The Hall–Kier alpha value is -1.58. The van der Waals surface area contributed by atoms with E-state index in [1.807, 2.05) is 24.3 Å². The summed E-state index contributed by atoms with van der Waals surface area (Å²) in [5.74, 6) is 0.874. The SMILES string of the molecule is O=Cc1cccc(SCC2OCCc3ccccc32)c1. The molecule has 0 fully saturated rings. The second-order valence-electron chi connectivity index (χ2n) is 4.81. The van der Waals surface area contributed by atoms with E-state index in [1.165, 1.54) is 11.1 Å². The zero-order chi connectivity index (χ0) is 13.8. The number of ether oxygens (including phenoxy) is 1. The van der Waals surface area contributed by atoms with Gasteiger partial charge in [0, 0.05) is 16.2 Å². The van der Waals surface area contributed by atoms with E-state index in [0.29, 0.717) is 0 Å². The molecule has 0 saturated heterocycles. The van der Waals surface area contributed by atoms with E-state index in [1.54, 1.807) is 11.8 Å². The Morgan fingerprint density at radius 1 is 1.20 bits per heavy atom. The van der Waals surface area contributed by atoms with Gasteiger partial charge in [-0.1, -0.05) is 36.4 Å². The average molecular weight is 284 g/mol. The molecule has 0 spiro atoms. The van der Waals surface area contributed by atoms with Gasteiger partial charge in [0.1, 0.15) is 6.29 Å². The minimum Gasteiger partial charge on any atom is -0.372 e. The van der Waals surface area contributed by atoms with Crippen molar-refractivity contribution < 1.29 is 9.53 Å². The summed E-state index contributed by atoms with van der Waals surface area (Å²) in [5.41, 5.74) is 3.42. The van der Waals surface area contributed by atoms with Crippen LogP contribution in [-0.4, -0.2) is 18.6 Å². The van der Waals surface area contributed by atoms with E-state index in [9.17, 15) is 4.79 Å². The molecule has 2 nitrogen and oxygen atoms in total. The number of fused-ring (bicyclic) bond motifs is 1. The van der Waals surface area contributed by atoms with Crippen molar-refractivity contribution in [2.75, 3.05) is 12.4 Å². The molecule has 1 heterocycles. The second-order valence-corrected chi connectivity index (χ2v) is 5.90. The van der Waals surface area contributed by atoms with Gasteiger partial charge in [-0.2, -0.15) is 0 Å². The van der Waals surface area contributed by atoms with Gasteiger partial charge in [-0.25, -0.2) is 0 Å². The van der Waals surface area contributed by atoms with Crippen LogP contribution in [0, 0.1) is 0 Å². The maximum Gasteiger partial charge on any atom is 0.150 e. The van der Waals surface area contributed by atoms with Crippen LogP contribution >= 0.6 is 11.8 Å². The molecule has 2 aromatic carbocycles. The second kappa shape index (κ2) is 6.25. The van der Waals surface area contributed by atoms with Gasteiger partial charge in [0.05, 0.1) is 12.7 Å². The first kappa shape index (κ1) is 13.4. The lowest BCUT2D eigenvalue weighted by molar-refractivity contribution is 0.0588. The number of rotatable bonds is 4. The molecule has 1 unspecified atom stereocenters. The standard InChI is InChI=1S/C17H16O2S/c18-11-13-4-3-6-15(10-13)20-12-17-16-7-2-1-5-14(16)8-9-19-17/h1-7,10-11,17H,8-9,12H2. The highest BCUT2D eigenvalue weighted by Crippen LogP contribution is 2.32. The average Bonchev–Trinajstić information content (AvgIpc) is 2.53. The maximum absolute atomic E-state index is 10.8. The van der Waals surface area contributed by atoms with Crippen LogP contribution in [0.4, 0.5) is 0 Å². The first-order valence-electron chi connectivity index (χ1n) is 6.74. The van der Waals surface area contributed by atoms with Crippen molar-refractivity contribution >= 4 is 18.0 Å². The zero-order valence-corrected chi connectivity index (χ0v) is 11.9. The Morgan fingerprint density at radius 3 is 3.00 bits per heavy atom. The van der Waals surface area contributed by atoms with Gasteiger partial charge >= 0.3 is 0 Å². The lowest BCUT2D eigenvalue weighted by atomic mass is 9.99. The van der Waals surface area contributed by atoms with E-state index in [-0.39, 0.29) is 6.10 Å². The molecule has 0 aliphatic carbocycles. The first-order chi connectivity index (χ1) is 9.86. The van der Waals surface area contributed by atoms with Crippen LogP contribution in [-0.2, 0) is 11.2 Å². The summed E-state index contributed by atoms with van der Waals surface area (Å²) >= 11 is 1.74. The molecule has 0 aromatic heterocycles. The molecule has 0 radical (unpaired) electrons. The number of carbonyl (C=O) groups is 1. The Balaban J connectivity index is 1.71. The van der Waals surface area contributed by atoms with Gasteiger partial charge in [-0.05, 0) is 29.7 Å². The van der Waals surface area contributed by atoms with Crippen LogP contribution in [0.3, 0.4) is 0 Å². The highest BCUT2D eigenvalue weighted by atomic mass is 32.2. The smallest absolute Gasteiger partial charge is 0.150 e. The maximum atomic E-state index is 10.8. The zero-order valence-electron chi connectivity index (χ0n) is 11.1. The van der Waals surface area contributed by atoms with E-state index in [4.69, 9.17) is 4.74 Å². The van der Waals surface area contributed by atoms with Crippen molar-refractivity contribution in [3.05, 3.63) is 65.2 Å². The molecule has 1 aliphatic heterocycles. The van der Waals surface area contributed by atoms with Crippen LogP contribution < -0.4 is 0 Å². The number of carbonyl (C=O) groups excluding carboxylic acids is 1. The summed E-state index contributed by atoms with van der Waals surface area (Å²) in [4.78, 5) is 11.9. The number of hydrogen-bond acceptors (Lipinski definition) is 3. The Bertz CT molecular complexity index is 609. The molecule has 3 heteroatoms. The first-order valence-corrected chi connectivity index (χ1v) is 7.73. The fraction of sp³-hybridized carbons (Fsp3) is 0.235. The molecule has 0 N–H and O–H groups in total. The van der Waals surface area contributed by atoms with Crippen molar-refractivity contribution in [3.63, 3.8) is 0 Å². The highest BCUT2D eigenvalue weighted by Gasteiger charge is 2.20. The molecule has 102 valence electrons. The molecule has 1 atom stereocenters. The third kappa shape index (κ3) is 2.94. The van der Waals surface area contributed by atoms with E-state index >= 15 is 0 Å². The normalized spacial score (nSPS) is 17.5. The predicted molar refractivity (Wildman–Crippen MR) is 81.4 cm³/mol. The third-order valence-electron chi connectivity index (χ3n) is 3.49. The largest absolute Gasteiger partial charge is 0.372 e. The van der Waals surface area contributed by atoms with Gasteiger partial charge in [0.15, 0.2) is 0 Å². The number of benzene rings is 2. The number of hydrogen-bond donors (Lipinski definition) is 0. The molecule has 2 aromatic rings. The van der Waals surface area contributed by atoms with Crippen LogP contribution in [0.5, 0.6) is 0 Å². The highest BCUT2D eigenvalue weighted by molar-refractivity contribution is 7.99. The van der Waals surface area contributed by atoms with Crippen LogP contribution in [0.2, 0.25) is 0 Å². The summed E-state index contributed by atoms with van der Waals surface area (Å²) in [6.45, 7) is 0.788. The van der Waals surface area contributed by atoms with Gasteiger partial charge in [0.2, 0.25) is 0 Å². The summed E-state index contributed by atoms with van der Waals surface area (Å²) in [5, 5.41) is 0. The predicted octanol–water partition coefficient (Wildman–Crippen LogP) is 3.91. The molecule has 20 heavy (non-hydrogen) atoms. The van der Waals surface area contributed by atoms with Crippen LogP contribution in [0.1, 0.15) is 27.6 Å². The minimum absolute atomic E-state index is 0.143. The fourth-order valence-corrected chi connectivity index (χ4v) is 3.48. The Kier molecular flexibility index (Phi) is 4.19. The van der Waals surface area contributed by atoms with E-state index in [2.05, 4.69) is 24.3 Å². The van der Waals surface area contributed by atoms with Crippen molar-refractivity contribution in [1.82, 2.24) is 0 Å².